The lowest BCUT2D eigenvalue weighted by Crippen LogP contribution is -2.59. The van der Waals surface area contributed by atoms with Crippen LogP contribution >= 0.6 is 15.9 Å². The van der Waals surface area contributed by atoms with Crippen LogP contribution in [0.15, 0.2) is 0 Å². The van der Waals surface area contributed by atoms with E-state index in [1.54, 1.807) is 0 Å². The number of alkyl halides is 1. The Morgan fingerprint density at radius 2 is 1.81 bits per heavy atom. The van der Waals surface area contributed by atoms with Crippen LogP contribution < -0.4 is 5.32 Å². The highest BCUT2D eigenvalue weighted by Gasteiger charge is 2.62. The highest BCUT2D eigenvalue weighted by atomic mass is 79.9. The van der Waals surface area contributed by atoms with Gasteiger partial charge in [0.25, 0.3) is 0 Å². The molecule has 0 radical (unpaired) electrons. The van der Waals surface area contributed by atoms with Gasteiger partial charge in [0.1, 0.15) is 0 Å². The fourth-order valence-electron chi connectivity index (χ4n) is 6.47. The predicted molar refractivity (Wildman–Crippen MR) is 90.5 cm³/mol. The molecule has 0 spiro atoms. The minimum Gasteiger partial charge on any atom is -0.356 e. The third-order valence-corrected chi connectivity index (χ3v) is 6.63. The number of rotatable bonds is 5. The van der Waals surface area contributed by atoms with Crippen molar-refractivity contribution in [2.75, 3.05) is 6.54 Å². The van der Waals surface area contributed by atoms with Crippen LogP contribution in [0.3, 0.4) is 0 Å². The Hall–Kier alpha value is -0.0500. The van der Waals surface area contributed by atoms with Gasteiger partial charge >= 0.3 is 0 Å². The zero-order valence-electron chi connectivity index (χ0n) is 13.8. The Kier molecular flexibility index (Phi) is 3.96. The topological polar surface area (TPSA) is 29.1 Å². The first kappa shape index (κ1) is 15.8. The fourth-order valence-corrected chi connectivity index (χ4v) is 6.80. The number of nitrogens with one attached hydrogen (secondary N) is 1. The summed E-state index contributed by atoms with van der Waals surface area (Å²) in [6.45, 7) is 7.88. The van der Waals surface area contributed by atoms with Crippen molar-refractivity contribution >= 4 is 21.8 Å². The average molecular weight is 356 g/mol. The Morgan fingerprint density at radius 3 is 2.33 bits per heavy atom. The highest BCUT2D eigenvalue weighted by Crippen LogP contribution is 2.69. The Balaban J connectivity index is 1.65. The van der Waals surface area contributed by atoms with Gasteiger partial charge in [0.15, 0.2) is 0 Å². The molecule has 3 unspecified atom stereocenters. The number of carbonyl (C=O) groups is 1. The van der Waals surface area contributed by atoms with E-state index in [1.807, 2.05) is 0 Å². The van der Waals surface area contributed by atoms with E-state index in [4.69, 9.17) is 0 Å². The van der Waals surface area contributed by atoms with Crippen LogP contribution in [0, 0.1) is 22.2 Å². The molecule has 3 atom stereocenters. The zero-order valence-corrected chi connectivity index (χ0v) is 15.4. The van der Waals surface area contributed by atoms with Crippen molar-refractivity contribution in [3.63, 3.8) is 0 Å². The van der Waals surface area contributed by atoms with E-state index in [2.05, 4.69) is 42.0 Å². The SMILES string of the molecule is CC(Br)CCCNC(=O)C12CC3CC(C)(CC(C)(C3)C1)C2. The number of hydrogen-bond donors (Lipinski definition) is 1. The monoisotopic (exact) mass is 355 g/mol. The summed E-state index contributed by atoms with van der Waals surface area (Å²) in [6.07, 6.45) is 9.68. The normalized spacial score (nSPS) is 45.6. The summed E-state index contributed by atoms with van der Waals surface area (Å²) >= 11 is 3.57. The van der Waals surface area contributed by atoms with E-state index in [9.17, 15) is 4.79 Å². The number of hydrogen-bond acceptors (Lipinski definition) is 1. The lowest BCUT2D eigenvalue weighted by molar-refractivity contribution is -0.170. The van der Waals surface area contributed by atoms with Crippen LogP contribution in [-0.4, -0.2) is 17.3 Å². The van der Waals surface area contributed by atoms with E-state index in [-0.39, 0.29) is 5.41 Å². The molecule has 2 nitrogen and oxygen atoms in total. The first-order chi connectivity index (χ1) is 9.74. The molecule has 4 saturated carbocycles. The van der Waals surface area contributed by atoms with Gasteiger partial charge in [-0.25, -0.2) is 0 Å². The highest BCUT2D eigenvalue weighted by molar-refractivity contribution is 9.09. The van der Waals surface area contributed by atoms with Crippen molar-refractivity contribution in [3.05, 3.63) is 0 Å². The lowest BCUT2D eigenvalue weighted by Gasteiger charge is -2.64. The molecule has 120 valence electrons. The average Bonchev–Trinajstić information content (AvgIpc) is 2.29. The van der Waals surface area contributed by atoms with E-state index in [0.29, 0.717) is 21.6 Å². The lowest BCUT2D eigenvalue weighted by atomic mass is 9.40. The molecule has 4 rings (SSSR count). The first-order valence-electron chi connectivity index (χ1n) is 8.67. The van der Waals surface area contributed by atoms with Crippen LogP contribution in [0.25, 0.3) is 0 Å². The molecular formula is C18H30BrNO. The minimum absolute atomic E-state index is 0.0388. The van der Waals surface area contributed by atoms with Crippen molar-refractivity contribution in [1.29, 1.82) is 0 Å². The molecule has 0 aliphatic heterocycles. The van der Waals surface area contributed by atoms with Gasteiger partial charge < -0.3 is 5.32 Å². The third-order valence-electron chi connectivity index (χ3n) is 6.17. The maximum Gasteiger partial charge on any atom is 0.226 e. The van der Waals surface area contributed by atoms with Gasteiger partial charge in [-0.2, -0.15) is 0 Å². The second kappa shape index (κ2) is 5.25. The second-order valence-electron chi connectivity index (χ2n) is 9.09. The molecule has 4 aliphatic rings. The molecule has 4 fully saturated rings. The van der Waals surface area contributed by atoms with Crippen molar-refractivity contribution in [2.24, 2.45) is 22.2 Å². The van der Waals surface area contributed by atoms with E-state index in [0.717, 1.165) is 44.6 Å². The molecular weight excluding hydrogens is 326 g/mol. The molecule has 0 heterocycles. The summed E-state index contributed by atoms with van der Waals surface area (Å²) in [5.41, 5.74) is 0.814. The standard InChI is InChI=1S/C18H30BrNO/c1-13(19)5-4-6-20-15(21)18-9-14-7-16(2,11-18)10-17(3,8-14)12-18/h13-14H,4-12H2,1-3H3,(H,20,21). The summed E-state index contributed by atoms with van der Waals surface area (Å²) in [7, 11) is 0. The largest absolute Gasteiger partial charge is 0.356 e. The summed E-state index contributed by atoms with van der Waals surface area (Å²) in [5.74, 6) is 1.16. The summed E-state index contributed by atoms with van der Waals surface area (Å²) in [6, 6.07) is 0. The van der Waals surface area contributed by atoms with E-state index >= 15 is 0 Å². The third kappa shape index (κ3) is 3.04. The van der Waals surface area contributed by atoms with Gasteiger partial charge in [-0.15, -0.1) is 0 Å². The number of carbonyl (C=O) groups excluding carboxylic acids is 1. The van der Waals surface area contributed by atoms with Crippen molar-refractivity contribution in [2.45, 2.75) is 77.0 Å². The quantitative estimate of drug-likeness (QED) is 0.563. The van der Waals surface area contributed by atoms with Gasteiger partial charge in [-0.05, 0) is 68.1 Å². The van der Waals surface area contributed by atoms with Gasteiger partial charge in [0.2, 0.25) is 5.91 Å². The predicted octanol–water partition coefficient (Wildman–Crippen LogP) is 4.66. The van der Waals surface area contributed by atoms with Crippen LogP contribution in [0.5, 0.6) is 0 Å². The molecule has 0 aromatic heterocycles. The smallest absolute Gasteiger partial charge is 0.226 e. The Bertz CT molecular complexity index is 415. The maximum atomic E-state index is 12.9. The van der Waals surface area contributed by atoms with Gasteiger partial charge in [-0.3, -0.25) is 4.79 Å². The van der Waals surface area contributed by atoms with Crippen LogP contribution in [0.2, 0.25) is 0 Å². The van der Waals surface area contributed by atoms with E-state index < -0.39 is 0 Å². The maximum absolute atomic E-state index is 12.9. The number of halogens is 1. The molecule has 4 bridgehead atoms. The van der Waals surface area contributed by atoms with Gasteiger partial charge in [0.05, 0.1) is 5.41 Å². The molecule has 4 aliphatic carbocycles. The van der Waals surface area contributed by atoms with Crippen LogP contribution in [0.4, 0.5) is 0 Å². The van der Waals surface area contributed by atoms with Gasteiger partial charge in [0, 0.05) is 11.4 Å². The summed E-state index contributed by atoms with van der Waals surface area (Å²) < 4.78 is 0. The van der Waals surface area contributed by atoms with E-state index in [1.165, 1.54) is 19.3 Å². The molecule has 3 heteroatoms. The molecule has 0 saturated heterocycles. The molecule has 0 aromatic rings. The molecule has 0 aromatic carbocycles. The minimum atomic E-state index is -0.0388. The van der Waals surface area contributed by atoms with Crippen molar-refractivity contribution in [3.8, 4) is 0 Å². The summed E-state index contributed by atoms with van der Waals surface area (Å²) in [4.78, 5) is 13.5. The Morgan fingerprint density at radius 1 is 1.19 bits per heavy atom. The molecule has 1 amide bonds. The molecule has 21 heavy (non-hydrogen) atoms. The first-order valence-corrected chi connectivity index (χ1v) is 9.58. The van der Waals surface area contributed by atoms with Gasteiger partial charge in [-0.1, -0.05) is 36.7 Å². The summed E-state index contributed by atoms with van der Waals surface area (Å²) in [5, 5.41) is 3.27. The fraction of sp³-hybridized carbons (Fsp3) is 0.944. The zero-order chi connectivity index (χ0) is 15.3. The van der Waals surface area contributed by atoms with Crippen LogP contribution in [0.1, 0.15) is 72.1 Å². The second-order valence-corrected chi connectivity index (χ2v) is 10.7. The molecule has 1 N–H and O–H groups in total. The van der Waals surface area contributed by atoms with Crippen molar-refractivity contribution in [1.82, 2.24) is 5.32 Å². The van der Waals surface area contributed by atoms with Crippen molar-refractivity contribution < 1.29 is 4.79 Å². The Labute approximate surface area is 138 Å². The number of amides is 1. The van der Waals surface area contributed by atoms with Crippen LogP contribution in [-0.2, 0) is 4.79 Å².